The van der Waals surface area contributed by atoms with E-state index in [-0.39, 0.29) is 0 Å². The van der Waals surface area contributed by atoms with Gasteiger partial charge in [0.15, 0.2) is 0 Å². The van der Waals surface area contributed by atoms with E-state index in [2.05, 4.69) is 229 Å². The normalized spacial score (nSPS) is 11.4. The fourth-order valence-electron chi connectivity index (χ4n) is 8.57. The zero-order valence-corrected chi connectivity index (χ0v) is 31.7. The number of hydrogen-bond acceptors (Lipinski definition) is 2. The Bertz CT molecular complexity index is 3270. The van der Waals surface area contributed by atoms with E-state index in [0.717, 1.165) is 72.0 Å². The van der Waals surface area contributed by atoms with Gasteiger partial charge in [0.1, 0.15) is 11.2 Å². The second kappa shape index (κ2) is 14.1. The molecule has 1 heterocycles. The maximum atomic E-state index is 6.78. The molecule has 11 rings (SSSR count). The Morgan fingerprint density at radius 2 is 0.879 bits per heavy atom. The lowest BCUT2D eigenvalue weighted by molar-refractivity contribution is 0.672. The molecule has 1 aromatic heterocycles. The first-order chi connectivity index (χ1) is 28.7. The highest BCUT2D eigenvalue weighted by molar-refractivity contribution is 6.20. The van der Waals surface area contributed by atoms with Crippen molar-refractivity contribution in [3.63, 3.8) is 0 Å². The van der Waals surface area contributed by atoms with Gasteiger partial charge in [-0.3, -0.25) is 0 Å². The lowest BCUT2D eigenvalue weighted by Crippen LogP contribution is -2.12. The van der Waals surface area contributed by atoms with E-state index in [9.17, 15) is 0 Å². The number of furan rings is 1. The number of hydrogen-bond donors (Lipinski definition) is 0. The van der Waals surface area contributed by atoms with Crippen LogP contribution in [0.15, 0.2) is 229 Å². The molecule has 0 unspecified atom stereocenters. The van der Waals surface area contributed by atoms with Crippen molar-refractivity contribution in [2.45, 2.75) is 0 Å². The van der Waals surface area contributed by atoms with E-state index < -0.39 is 0 Å². The van der Waals surface area contributed by atoms with Crippen LogP contribution < -0.4 is 4.90 Å². The SMILES string of the molecule is c1ccc(-c2cccc(-c3ccc(N(c4cc(-c5ccc6ccccc6c5)ccc4-c4ccccc4)c4cccc5oc6c7ccccc7ccc6c45)cc3)c2)cc1. The Morgan fingerprint density at radius 1 is 0.310 bits per heavy atom. The van der Waals surface area contributed by atoms with Crippen molar-refractivity contribution in [1.82, 2.24) is 0 Å². The second-order valence-electron chi connectivity index (χ2n) is 14.9. The van der Waals surface area contributed by atoms with E-state index in [0.29, 0.717) is 0 Å². The summed E-state index contributed by atoms with van der Waals surface area (Å²) in [6.45, 7) is 0. The molecule has 0 bridgehead atoms. The summed E-state index contributed by atoms with van der Waals surface area (Å²) >= 11 is 0. The standard InChI is InChI=1S/C56H37NO/c1-3-13-38(14-4-1)44-20-11-21-45(35-44)40-27-31-48(32-28-40)57(52-23-12-24-54-55(52)51-34-29-42-18-9-10-22-50(42)56(51)58-54)53-37-47(30-33-49(53)41-16-5-2-6-17-41)46-26-25-39-15-7-8-19-43(39)36-46/h1-37H. The predicted octanol–water partition coefficient (Wildman–Crippen LogP) is 16.0. The summed E-state index contributed by atoms with van der Waals surface area (Å²) in [7, 11) is 0. The number of rotatable bonds is 7. The highest BCUT2D eigenvalue weighted by Gasteiger charge is 2.23. The average Bonchev–Trinajstić information content (AvgIpc) is 3.70. The van der Waals surface area contributed by atoms with Crippen molar-refractivity contribution >= 4 is 60.5 Å². The minimum Gasteiger partial charge on any atom is -0.455 e. The number of nitrogens with zero attached hydrogens (tertiary/aromatic N) is 1. The van der Waals surface area contributed by atoms with Gasteiger partial charge < -0.3 is 9.32 Å². The van der Waals surface area contributed by atoms with Crippen molar-refractivity contribution in [3.8, 4) is 44.5 Å². The first-order valence-corrected chi connectivity index (χ1v) is 19.8. The lowest BCUT2D eigenvalue weighted by Gasteiger charge is -2.29. The highest BCUT2D eigenvalue weighted by atomic mass is 16.3. The summed E-state index contributed by atoms with van der Waals surface area (Å²) in [4.78, 5) is 2.43. The molecule has 2 heteroatoms. The van der Waals surface area contributed by atoms with Crippen LogP contribution in [0.5, 0.6) is 0 Å². The third kappa shape index (κ3) is 5.91. The van der Waals surface area contributed by atoms with Gasteiger partial charge in [0.25, 0.3) is 0 Å². The van der Waals surface area contributed by atoms with Crippen molar-refractivity contribution < 1.29 is 4.42 Å². The van der Waals surface area contributed by atoms with Crippen molar-refractivity contribution in [1.29, 1.82) is 0 Å². The molecule has 0 aliphatic rings. The maximum Gasteiger partial charge on any atom is 0.143 e. The summed E-state index contributed by atoms with van der Waals surface area (Å²) < 4.78 is 6.78. The Balaban J connectivity index is 1.15. The van der Waals surface area contributed by atoms with Gasteiger partial charge in [0, 0.05) is 22.0 Å². The molecule has 0 radical (unpaired) electrons. The van der Waals surface area contributed by atoms with E-state index in [1.807, 2.05) is 0 Å². The molecule has 11 aromatic rings. The molecule has 0 atom stereocenters. The third-order valence-corrected chi connectivity index (χ3v) is 11.4. The molecule has 0 spiro atoms. The number of benzene rings is 10. The molecule has 272 valence electrons. The molecule has 0 saturated carbocycles. The monoisotopic (exact) mass is 739 g/mol. The van der Waals surface area contributed by atoms with E-state index in [4.69, 9.17) is 4.42 Å². The zero-order chi connectivity index (χ0) is 38.4. The predicted molar refractivity (Wildman–Crippen MR) is 245 cm³/mol. The topological polar surface area (TPSA) is 16.4 Å². The van der Waals surface area contributed by atoms with Gasteiger partial charge in [-0.1, -0.05) is 176 Å². The molecule has 0 fully saturated rings. The van der Waals surface area contributed by atoms with Crippen LogP contribution in [0.3, 0.4) is 0 Å². The van der Waals surface area contributed by atoms with E-state index >= 15 is 0 Å². The van der Waals surface area contributed by atoms with Gasteiger partial charge in [-0.15, -0.1) is 0 Å². The van der Waals surface area contributed by atoms with Gasteiger partial charge in [0.05, 0.1) is 16.8 Å². The van der Waals surface area contributed by atoms with Crippen LogP contribution in [-0.4, -0.2) is 0 Å². The Labute approximate surface area is 337 Å². The highest BCUT2D eigenvalue weighted by Crippen LogP contribution is 2.48. The number of fused-ring (bicyclic) bond motifs is 6. The molecule has 0 amide bonds. The summed E-state index contributed by atoms with van der Waals surface area (Å²) in [5.41, 5.74) is 14.3. The fraction of sp³-hybridized carbons (Fsp3) is 0. The Kier molecular flexibility index (Phi) is 8.19. The second-order valence-corrected chi connectivity index (χ2v) is 14.9. The first kappa shape index (κ1) is 33.6. The fourth-order valence-corrected chi connectivity index (χ4v) is 8.57. The van der Waals surface area contributed by atoms with Gasteiger partial charge in [-0.05, 0) is 104 Å². The Morgan fingerprint density at radius 3 is 1.67 bits per heavy atom. The first-order valence-electron chi connectivity index (χ1n) is 19.8. The van der Waals surface area contributed by atoms with Crippen molar-refractivity contribution in [2.24, 2.45) is 0 Å². The van der Waals surface area contributed by atoms with Crippen molar-refractivity contribution in [2.75, 3.05) is 4.90 Å². The zero-order valence-electron chi connectivity index (χ0n) is 31.7. The molecule has 58 heavy (non-hydrogen) atoms. The summed E-state index contributed by atoms with van der Waals surface area (Å²) in [6, 6.07) is 80.7. The molecule has 0 saturated heterocycles. The van der Waals surface area contributed by atoms with Gasteiger partial charge in [-0.25, -0.2) is 0 Å². The largest absolute Gasteiger partial charge is 0.455 e. The van der Waals surface area contributed by atoms with Gasteiger partial charge in [0.2, 0.25) is 0 Å². The molecular weight excluding hydrogens is 703 g/mol. The smallest absolute Gasteiger partial charge is 0.143 e. The van der Waals surface area contributed by atoms with Crippen LogP contribution in [0.4, 0.5) is 17.1 Å². The van der Waals surface area contributed by atoms with Crippen LogP contribution in [0.25, 0.3) is 88.0 Å². The van der Waals surface area contributed by atoms with E-state index in [1.165, 1.54) is 33.0 Å². The summed E-state index contributed by atoms with van der Waals surface area (Å²) in [5.74, 6) is 0. The van der Waals surface area contributed by atoms with Crippen LogP contribution in [0.2, 0.25) is 0 Å². The van der Waals surface area contributed by atoms with Crippen molar-refractivity contribution in [3.05, 3.63) is 224 Å². The Hall–Kier alpha value is -7.68. The molecule has 0 aliphatic heterocycles. The average molecular weight is 740 g/mol. The summed E-state index contributed by atoms with van der Waals surface area (Å²) in [6.07, 6.45) is 0. The molecule has 10 aromatic carbocycles. The molecule has 0 N–H and O–H groups in total. The maximum absolute atomic E-state index is 6.78. The quantitative estimate of drug-likeness (QED) is 0.162. The van der Waals surface area contributed by atoms with Crippen LogP contribution in [-0.2, 0) is 0 Å². The lowest BCUT2D eigenvalue weighted by atomic mass is 9.95. The van der Waals surface area contributed by atoms with Crippen LogP contribution in [0, 0.1) is 0 Å². The van der Waals surface area contributed by atoms with Crippen LogP contribution >= 0.6 is 0 Å². The van der Waals surface area contributed by atoms with Gasteiger partial charge >= 0.3 is 0 Å². The van der Waals surface area contributed by atoms with Gasteiger partial charge in [-0.2, -0.15) is 0 Å². The summed E-state index contributed by atoms with van der Waals surface area (Å²) in [5, 5.41) is 6.90. The molecule has 0 aliphatic carbocycles. The minimum atomic E-state index is 0.857. The van der Waals surface area contributed by atoms with E-state index in [1.54, 1.807) is 0 Å². The molecular formula is C56H37NO. The number of anilines is 3. The minimum absolute atomic E-state index is 0.857. The third-order valence-electron chi connectivity index (χ3n) is 11.4. The molecule has 2 nitrogen and oxygen atoms in total. The van der Waals surface area contributed by atoms with Crippen LogP contribution in [0.1, 0.15) is 0 Å².